The van der Waals surface area contributed by atoms with Crippen molar-refractivity contribution in [3.8, 4) is 0 Å². The van der Waals surface area contributed by atoms with Gasteiger partial charge < -0.3 is 23.8 Å². The van der Waals surface area contributed by atoms with E-state index >= 15 is 0 Å². The SMILES string of the molecule is CCOP(=O)(OCC)C1C=Cc2ccccc2N1C(=O)[O-]. The maximum Gasteiger partial charge on any atom is 0.357 e. The number of benzene rings is 1. The van der Waals surface area contributed by atoms with Crippen molar-refractivity contribution in [2.45, 2.75) is 19.6 Å². The van der Waals surface area contributed by atoms with Crippen molar-refractivity contribution in [1.82, 2.24) is 0 Å². The molecule has 1 aromatic carbocycles. The van der Waals surface area contributed by atoms with Crippen LogP contribution in [0.4, 0.5) is 10.5 Å². The van der Waals surface area contributed by atoms with Crippen LogP contribution in [-0.2, 0) is 13.6 Å². The van der Waals surface area contributed by atoms with Gasteiger partial charge in [-0.2, -0.15) is 0 Å². The molecule has 0 fully saturated rings. The predicted molar refractivity (Wildman–Crippen MR) is 78.0 cm³/mol. The van der Waals surface area contributed by atoms with Crippen molar-refractivity contribution in [3.63, 3.8) is 0 Å². The molecule has 1 aliphatic rings. The Morgan fingerprint density at radius 2 is 1.90 bits per heavy atom. The Balaban J connectivity index is 2.49. The number of fused-ring (bicyclic) bond motifs is 1. The van der Waals surface area contributed by atoms with Gasteiger partial charge >= 0.3 is 7.60 Å². The Kier molecular flexibility index (Phi) is 4.83. The Morgan fingerprint density at radius 3 is 2.48 bits per heavy atom. The third kappa shape index (κ3) is 3.02. The van der Waals surface area contributed by atoms with Crippen molar-refractivity contribution in [1.29, 1.82) is 0 Å². The van der Waals surface area contributed by atoms with Crippen LogP contribution in [0.15, 0.2) is 30.3 Å². The summed E-state index contributed by atoms with van der Waals surface area (Å²) >= 11 is 0. The van der Waals surface area contributed by atoms with Crippen molar-refractivity contribution >= 4 is 25.5 Å². The summed E-state index contributed by atoms with van der Waals surface area (Å²) in [7, 11) is -3.64. The van der Waals surface area contributed by atoms with Crippen LogP contribution in [0.5, 0.6) is 0 Å². The predicted octanol–water partition coefficient (Wildman–Crippen LogP) is 2.46. The molecule has 0 bridgehead atoms. The molecule has 1 unspecified atom stereocenters. The second-order valence-corrected chi connectivity index (χ2v) is 6.47. The molecule has 0 aromatic heterocycles. The zero-order chi connectivity index (χ0) is 15.5. The van der Waals surface area contributed by atoms with Gasteiger partial charge in [0, 0.05) is 0 Å². The van der Waals surface area contributed by atoms with E-state index in [1.807, 2.05) is 0 Å². The fourth-order valence-corrected chi connectivity index (χ4v) is 4.17. The van der Waals surface area contributed by atoms with Crippen LogP contribution < -0.4 is 10.0 Å². The first kappa shape index (κ1) is 15.8. The molecule has 1 amide bonds. The Hall–Kier alpha value is -1.62. The highest BCUT2D eigenvalue weighted by Crippen LogP contribution is 2.56. The molecular weight excluding hydrogens is 293 g/mol. The third-order valence-corrected chi connectivity index (χ3v) is 5.33. The summed E-state index contributed by atoms with van der Waals surface area (Å²) in [5, 5.41) is 11.5. The highest BCUT2D eigenvalue weighted by Gasteiger charge is 2.41. The minimum absolute atomic E-state index is 0.157. The van der Waals surface area contributed by atoms with Gasteiger partial charge in [0.25, 0.3) is 0 Å². The number of hydrogen-bond acceptors (Lipinski definition) is 5. The summed E-state index contributed by atoms with van der Waals surface area (Å²) in [6.45, 7) is 3.67. The number of carbonyl (C=O) groups excluding carboxylic acids is 1. The van der Waals surface area contributed by atoms with Crippen LogP contribution in [0.25, 0.3) is 6.08 Å². The maximum absolute atomic E-state index is 12.9. The molecule has 2 rings (SSSR count). The fraction of sp³-hybridized carbons (Fsp3) is 0.357. The number of nitrogens with zero attached hydrogens (tertiary/aromatic N) is 1. The number of anilines is 1. The van der Waals surface area contributed by atoms with Gasteiger partial charge in [0.05, 0.1) is 18.9 Å². The van der Waals surface area contributed by atoms with E-state index in [1.165, 1.54) is 6.08 Å². The average Bonchev–Trinajstić information content (AvgIpc) is 2.46. The van der Waals surface area contributed by atoms with Gasteiger partial charge in [0.1, 0.15) is 6.09 Å². The van der Waals surface area contributed by atoms with E-state index in [2.05, 4.69) is 0 Å². The van der Waals surface area contributed by atoms with Gasteiger partial charge in [-0.25, -0.2) is 0 Å². The van der Waals surface area contributed by atoms with Crippen LogP contribution >= 0.6 is 7.60 Å². The number of amides is 1. The standard InChI is InChI=1S/C14H18NO5P/c1-3-19-21(18,20-4-2)13-10-9-11-7-5-6-8-12(11)15(13)14(16)17/h5-10,13H,3-4H2,1-2H3,(H,16,17)/p-1. The van der Waals surface area contributed by atoms with Crippen LogP contribution in [0.1, 0.15) is 19.4 Å². The van der Waals surface area contributed by atoms with Gasteiger partial charge in [-0.15, -0.1) is 0 Å². The summed E-state index contributed by atoms with van der Waals surface area (Å²) in [5.41, 5.74) is 1.11. The van der Waals surface area contributed by atoms with Crippen molar-refractivity contribution < 1.29 is 23.5 Å². The normalized spacial score (nSPS) is 17.6. The van der Waals surface area contributed by atoms with Gasteiger partial charge in [-0.3, -0.25) is 4.57 Å². The first-order valence-corrected chi connectivity index (χ1v) is 8.31. The third-order valence-electron chi connectivity index (χ3n) is 3.05. The first-order valence-electron chi connectivity index (χ1n) is 6.69. The van der Waals surface area contributed by atoms with E-state index in [0.29, 0.717) is 11.3 Å². The largest absolute Gasteiger partial charge is 0.530 e. The highest BCUT2D eigenvalue weighted by atomic mass is 31.2. The van der Waals surface area contributed by atoms with E-state index < -0.39 is 19.5 Å². The number of para-hydroxylation sites is 1. The average molecular weight is 310 g/mol. The lowest BCUT2D eigenvalue weighted by Crippen LogP contribution is -2.48. The zero-order valence-electron chi connectivity index (χ0n) is 11.9. The lowest BCUT2D eigenvalue weighted by atomic mass is 10.1. The molecule has 1 atom stereocenters. The molecule has 0 spiro atoms. The molecule has 1 heterocycles. The lowest BCUT2D eigenvalue weighted by molar-refractivity contribution is -0.246. The molecule has 21 heavy (non-hydrogen) atoms. The van der Waals surface area contributed by atoms with Crippen LogP contribution in [0, 0.1) is 0 Å². The van der Waals surface area contributed by atoms with Crippen LogP contribution in [0.3, 0.4) is 0 Å². The summed E-state index contributed by atoms with van der Waals surface area (Å²) < 4.78 is 23.4. The highest BCUT2D eigenvalue weighted by molar-refractivity contribution is 7.55. The van der Waals surface area contributed by atoms with Gasteiger partial charge in [-0.1, -0.05) is 24.3 Å². The quantitative estimate of drug-likeness (QED) is 0.781. The maximum atomic E-state index is 12.9. The topological polar surface area (TPSA) is 78.9 Å². The van der Waals surface area contributed by atoms with Crippen molar-refractivity contribution in [3.05, 3.63) is 35.9 Å². The van der Waals surface area contributed by atoms with E-state index in [1.54, 1.807) is 44.2 Å². The van der Waals surface area contributed by atoms with Crippen molar-refractivity contribution in [2.75, 3.05) is 18.1 Å². The molecule has 7 heteroatoms. The van der Waals surface area contributed by atoms with Gasteiger partial charge in [0.15, 0.2) is 5.78 Å². The minimum atomic E-state index is -3.64. The van der Waals surface area contributed by atoms with Gasteiger partial charge in [-0.05, 0) is 31.6 Å². The van der Waals surface area contributed by atoms with Gasteiger partial charge in [0.2, 0.25) is 0 Å². The Bertz CT molecular complexity index is 591. The summed E-state index contributed by atoms with van der Waals surface area (Å²) in [5.74, 6) is -1.04. The van der Waals surface area contributed by atoms with Crippen LogP contribution in [0.2, 0.25) is 0 Å². The summed E-state index contributed by atoms with van der Waals surface area (Å²) in [6.07, 6.45) is 1.78. The second-order valence-electron chi connectivity index (χ2n) is 4.34. The zero-order valence-corrected chi connectivity index (χ0v) is 12.8. The minimum Gasteiger partial charge on any atom is -0.530 e. The van der Waals surface area contributed by atoms with E-state index in [-0.39, 0.29) is 13.2 Å². The molecule has 0 aliphatic carbocycles. The lowest BCUT2D eigenvalue weighted by Gasteiger charge is -2.38. The number of rotatable bonds is 5. The summed E-state index contributed by atoms with van der Waals surface area (Å²) in [4.78, 5) is 12.5. The Labute approximate surface area is 123 Å². The molecular formula is C14H17NO5P-. The molecule has 114 valence electrons. The monoisotopic (exact) mass is 310 g/mol. The summed E-state index contributed by atoms with van der Waals surface area (Å²) in [6, 6.07) is 6.90. The van der Waals surface area contributed by atoms with Crippen molar-refractivity contribution in [2.24, 2.45) is 0 Å². The van der Waals surface area contributed by atoms with Crippen LogP contribution in [-0.4, -0.2) is 25.1 Å². The molecule has 0 N–H and O–H groups in total. The number of carboxylic acid groups (broad SMARTS) is 1. The molecule has 1 aromatic rings. The molecule has 0 saturated heterocycles. The number of carbonyl (C=O) groups is 1. The van der Waals surface area contributed by atoms with E-state index in [9.17, 15) is 14.5 Å². The Morgan fingerprint density at radius 1 is 1.29 bits per heavy atom. The molecule has 0 radical (unpaired) electrons. The smallest absolute Gasteiger partial charge is 0.357 e. The fourth-order valence-electron chi connectivity index (χ4n) is 2.27. The molecule has 0 saturated carbocycles. The number of hydrogen-bond donors (Lipinski definition) is 0. The first-order chi connectivity index (χ1) is 10.0. The molecule has 6 nitrogen and oxygen atoms in total. The van der Waals surface area contributed by atoms with E-state index in [0.717, 1.165) is 4.90 Å². The molecule has 1 aliphatic heterocycles. The second kappa shape index (κ2) is 6.43. The van der Waals surface area contributed by atoms with E-state index in [4.69, 9.17) is 9.05 Å².